The molecule has 0 spiro atoms. The van der Waals surface area contributed by atoms with E-state index in [1.54, 1.807) is 38.5 Å². The summed E-state index contributed by atoms with van der Waals surface area (Å²) in [5.74, 6) is 5.87. The summed E-state index contributed by atoms with van der Waals surface area (Å²) < 4.78 is 0. The first-order valence-electron chi connectivity index (χ1n) is 22.5. The lowest BCUT2D eigenvalue weighted by atomic mass is 9.41. The van der Waals surface area contributed by atoms with Crippen molar-refractivity contribution in [1.82, 2.24) is 0 Å². The van der Waals surface area contributed by atoms with E-state index in [4.69, 9.17) is 0 Å². The van der Waals surface area contributed by atoms with Gasteiger partial charge in [0.05, 0.1) is 0 Å². The van der Waals surface area contributed by atoms with Gasteiger partial charge in [0.2, 0.25) is 0 Å². The fraction of sp³-hybridized carbons (Fsp3) is 1.00. The van der Waals surface area contributed by atoms with Crippen LogP contribution in [0.25, 0.3) is 0 Å². The smallest absolute Gasteiger partial charge is 0.0236 e. The number of hydrogen-bond donors (Lipinski definition) is 0. The van der Waals surface area contributed by atoms with Gasteiger partial charge in [-0.1, -0.05) is 151 Å². The molecule has 0 saturated heterocycles. The Kier molecular flexibility index (Phi) is 12.0. The van der Waals surface area contributed by atoms with E-state index in [9.17, 15) is 0 Å². The van der Waals surface area contributed by atoms with Crippen LogP contribution in [0.1, 0.15) is 234 Å². The summed E-state index contributed by atoms with van der Waals surface area (Å²) >= 11 is 0. The normalized spacial score (nSPS) is 35.4. The molecule has 272 valence electrons. The Labute approximate surface area is 295 Å². The van der Waals surface area contributed by atoms with Gasteiger partial charge in [-0.05, 0) is 146 Å². The zero-order chi connectivity index (χ0) is 33.2. The van der Waals surface area contributed by atoms with E-state index in [1.807, 2.05) is 0 Å². The number of fused-ring (bicyclic) bond motifs is 1. The van der Waals surface area contributed by atoms with E-state index in [-0.39, 0.29) is 0 Å². The third kappa shape index (κ3) is 7.78. The first-order chi connectivity index (χ1) is 22.5. The Hall–Kier alpha value is 0. The van der Waals surface area contributed by atoms with Gasteiger partial charge in [-0.3, -0.25) is 0 Å². The predicted octanol–water partition coefficient (Wildman–Crippen LogP) is 15.5. The quantitative estimate of drug-likeness (QED) is 0.209. The third-order valence-corrected chi connectivity index (χ3v) is 18.1. The first-order valence-corrected chi connectivity index (χ1v) is 22.5. The molecular formula is C47H84. The van der Waals surface area contributed by atoms with Gasteiger partial charge >= 0.3 is 0 Å². The highest BCUT2D eigenvalue weighted by molar-refractivity contribution is 5.09. The molecule has 6 aliphatic carbocycles. The Bertz CT molecular complexity index is 951. The summed E-state index contributed by atoms with van der Waals surface area (Å²) in [6.45, 7) is 17.3. The fourth-order valence-electron chi connectivity index (χ4n) is 15.7. The van der Waals surface area contributed by atoms with Crippen LogP contribution in [0.4, 0.5) is 0 Å². The molecule has 0 nitrogen and oxygen atoms in total. The predicted molar refractivity (Wildman–Crippen MR) is 206 cm³/mol. The molecule has 0 aliphatic heterocycles. The molecule has 0 aromatic carbocycles. The second kappa shape index (κ2) is 15.3. The second-order valence-corrected chi connectivity index (χ2v) is 21.5. The van der Waals surface area contributed by atoms with Crippen LogP contribution in [0.3, 0.4) is 0 Å². The number of hydrogen-bond acceptors (Lipinski definition) is 0. The average molecular weight is 649 g/mol. The van der Waals surface area contributed by atoms with Gasteiger partial charge in [-0.25, -0.2) is 0 Å². The minimum atomic E-state index is 0.478. The Morgan fingerprint density at radius 3 is 1.34 bits per heavy atom. The molecule has 0 aromatic heterocycles. The lowest BCUT2D eigenvalue weighted by Crippen LogP contribution is -2.56. The fourth-order valence-corrected chi connectivity index (χ4v) is 15.7. The lowest BCUT2D eigenvalue weighted by molar-refractivity contribution is -0.146. The van der Waals surface area contributed by atoms with Crippen LogP contribution in [0.15, 0.2) is 0 Å². The molecule has 6 saturated carbocycles. The van der Waals surface area contributed by atoms with Crippen LogP contribution < -0.4 is 0 Å². The summed E-state index contributed by atoms with van der Waals surface area (Å²) in [7, 11) is 0. The highest BCUT2D eigenvalue weighted by Gasteiger charge is 2.59. The maximum Gasteiger partial charge on any atom is -0.0236 e. The standard InChI is InChI=1S/C47H84/c1-43(2,38-24-11-7-12-25-38)34-44(3,39-26-13-8-14-27-39)35-45(4,40-28-15-9-16-29-40)36-47(6,41-30-17-10-18-31-41)46(5)33-21-23-37-22-19-20-32-42(37)46/h37-42H,7-36H2,1-6H3. The van der Waals surface area contributed by atoms with Crippen molar-refractivity contribution in [3.63, 3.8) is 0 Å². The zero-order valence-corrected chi connectivity index (χ0v) is 33.2. The van der Waals surface area contributed by atoms with E-state index in [1.165, 1.54) is 154 Å². The van der Waals surface area contributed by atoms with Crippen LogP contribution in [-0.4, -0.2) is 0 Å². The minimum absolute atomic E-state index is 0.478. The molecule has 0 N–H and O–H groups in total. The largest absolute Gasteiger partial charge is 0.0596 e. The summed E-state index contributed by atoms with van der Waals surface area (Å²) in [4.78, 5) is 0. The van der Waals surface area contributed by atoms with Crippen molar-refractivity contribution in [2.45, 2.75) is 234 Å². The van der Waals surface area contributed by atoms with E-state index in [0.29, 0.717) is 27.1 Å². The molecule has 6 atom stereocenters. The molecular weight excluding hydrogens is 565 g/mol. The summed E-state index contributed by atoms with van der Waals surface area (Å²) in [6, 6.07) is 0. The Balaban J connectivity index is 1.39. The first kappa shape index (κ1) is 36.8. The molecule has 6 fully saturated rings. The molecule has 0 amide bonds. The van der Waals surface area contributed by atoms with Gasteiger partial charge < -0.3 is 0 Å². The van der Waals surface area contributed by atoms with Crippen molar-refractivity contribution in [2.24, 2.45) is 62.6 Å². The third-order valence-electron chi connectivity index (χ3n) is 18.1. The van der Waals surface area contributed by atoms with Gasteiger partial charge in [0.1, 0.15) is 0 Å². The highest BCUT2D eigenvalue weighted by Crippen LogP contribution is 2.68. The molecule has 6 unspecified atom stereocenters. The second-order valence-electron chi connectivity index (χ2n) is 21.5. The van der Waals surface area contributed by atoms with Crippen LogP contribution in [0, 0.1) is 62.6 Å². The van der Waals surface area contributed by atoms with Crippen LogP contribution in [0.5, 0.6) is 0 Å². The maximum absolute atomic E-state index is 2.98. The van der Waals surface area contributed by atoms with Crippen molar-refractivity contribution in [3.05, 3.63) is 0 Å². The molecule has 0 heteroatoms. The summed E-state index contributed by atoms with van der Waals surface area (Å²) in [5.41, 5.74) is 2.48. The molecule has 0 heterocycles. The van der Waals surface area contributed by atoms with Crippen molar-refractivity contribution >= 4 is 0 Å². The van der Waals surface area contributed by atoms with Gasteiger partial charge in [0, 0.05) is 0 Å². The molecule has 6 aliphatic rings. The SMILES string of the molecule is CC(C)(CC(C)(CC(C)(CC(C)(C1CCCCC1)C1(C)CCCC2CCCCC21)C1CCCCC1)C1CCCCC1)C1CCCCC1. The van der Waals surface area contributed by atoms with Crippen molar-refractivity contribution in [2.75, 3.05) is 0 Å². The van der Waals surface area contributed by atoms with E-state index >= 15 is 0 Å². The number of rotatable bonds is 11. The molecule has 0 radical (unpaired) electrons. The molecule has 47 heavy (non-hydrogen) atoms. The van der Waals surface area contributed by atoms with Crippen LogP contribution in [-0.2, 0) is 0 Å². The van der Waals surface area contributed by atoms with E-state index < -0.39 is 0 Å². The monoisotopic (exact) mass is 649 g/mol. The van der Waals surface area contributed by atoms with E-state index in [2.05, 4.69) is 41.5 Å². The zero-order valence-electron chi connectivity index (χ0n) is 33.2. The maximum atomic E-state index is 2.98. The molecule has 6 rings (SSSR count). The highest BCUT2D eigenvalue weighted by atomic mass is 14.6. The minimum Gasteiger partial charge on any atom is -0.0596 e. The topological polar surface area (TPSA) is 0 Å². The molecule has 0 aromatic rings. The molecule has 0 bridgehead atoms. The van der Waals surface area contributed by atoms with Gasteiger partial charge in [0.25, 0.3) is 0 Å². The van der Waals surface area contributed by atoms with E-state index in [0.717, 1.165) is 35.5 Å². The summed E-state index contributed by atoms with van der Waals surface area (Å²) in [5, 5.41) is 0. The Morgan fingerprint density at radius 1 is 0.404 bits per heavy atom. The van der Waals surface area contributed by atoms with Gasteiger partial charge in [-0.15, -0.1) is 0 Å². The lowest BCUT2D eigenvalue weighted by Gasteiger charge is -2.64. The summed E-state index contributed by atoms with van der Waals surface area (Å²) in [6.07, 6.45) is 45.6. The Morgan fingerprint density at radius 2 is 0.809 bits per heavy atom. The van der Waals surface area contributed by atoms with Crippen LogP contribution in [0.2, 0.25) is 0 Å². The van der Waals surface area contributed by atoms with Crippen molar-refractivity contribution in [3.8, 4) is 0 Å². The van der Waals surface area contributed by atoms with Crippen LogP contribution >= 0.6 is 0 Å². The van der Waals surface area contributed by atoms with Gasteiger partial charge in [-0.2, -0.15) is 0 Å². The average Bonchev–Trinajstić information content (AvgIpc) is 3.09. The van der Waals surface area contributed by atoms with Gasteiger partial charge in [0.15, 0.2) is 0 Å². The van der Waals surface area contributed by atoms with Crippen molar-refractivity contribution < 1.29 is 0 Å². The van der Waals surface area contributed by atoms with Crippen molar-refractivity contribution in [1.29, 1.82) is 0 Å².